The molecule has 0 atom stereocenters. The molecule has 0 amide bonds. The van der Waals surface area contributed by atoms with Crippen molar-refractivity contribution in [2.24, 2.45) is 0 Å². The van der Waals surface area contributed by atoms with Crippen molar-refractivity contribution in [3.8, 4) is 0 Å². The van der Waals surface area contributed by atoms with Gasteiger partial charge < -0.3 is 14.4 Å². The van der Waals surface area contributed by atoms with Crippen molar-refractivity contribution < 1.29 is 9.47 Å². The fraction of sp³-hybridized carbons (Fsp3) is 0.625. The lowest BCUT2D eigenvalue weighted by atomic mass is 10.1. The molecular formula is C16H27NO2. The molecule has 108 valence electrons. The molecule has 3 heteroatoms. The van der Waals surface area contributed by atoms with Crippen molar-refractivity contribution in [3.63, 3.8) is 0 Å². The van der Waals surface area contributed by atoms with E-state index < -0.39 is 0 Å². The van der Waals surface area contributed by atoms with Crippen LogP contribution in [0, 0.1) is 6.92 Å². The number of hydrogen-bond donors (Lipinski definition) is 0. The largest absolute Gasteiger partial charge is 0.353 e. The van der Waals surface area contributed by atoms with Gasteiger partial charge >= 0.3 is 0 Å². The smallest absolute Gasteiger partial charge is 0.158 e. The summed E-state index contributed by atoms with van der Waals surface area (Å²) in [6.07, 6.45) is 0.833. The van der Waals surface area contributed by atoms with E-state index >= 15 is 0 Å². The van der Waals surface area contributed by atoms with E-state index in [1.54, 1.807) is 0 Å². The highest BCUT2D eigenvalue weighted by atomic mass is 16.7. The van der Waals surface area contributed by atoms with E-state index in [0.717, 1.165) is 19.5 Å². The molecule has 0 aliphatic rings. The Hall–Kier alpha value is -0.900. The van der Waals surface area contributed by atoms with Gasteiger partial charge in [0.05, 0.1) is 0 Å². The van der Waals surface area contributed by atoms with Gasteiger partial charge in [0.15, 0.2) is 6.29 Å². The quantitative estimate of drug-likeness (QED) is 0.640. The molecule has 0 aromatic heterocycles. The fourth-order valence-electron chi connectivity index (χ4n) is 2.11. The summed E-state index contributed by atoms with van der Waals surface area (Å²) in [7, 11) is 2.14. The minimum Gasteiger partial charge on any atom is -0.353 e. The first kappa shape index (κ1) is 16.2. The summed E-state index contributed by atoms with van der Waals surface area (Å²) in [5, 5.41) is 0. The number of rotatable bonds is 9. The maximum Gasteiger partial charge on any atom is 0.158 e. The van der Waals surface area contributed by atoms with Crippen LogP contribution in [0.3, 0.4) is 0 Å². The molecular weight excluding hydrogens is 238 g/mol. The van der Waals surface area contributed by atoms with Gasteiger partial charge in [-0.3, -0.25) is 0 Å². The van der Waals surface area contributed by atoms with Crippen LogP contribution in [0.2, 0.25) is 0 Å². The van der Waals surface area contributed by atoms with Gasteiger partial charge in [0.25, 0.3) is 0 Å². The van der Waals surface area contributed by atoms with E-state index in [4.69, 9.17) is 9.47 Å². The Kier molecular flexibility index (Phi) is 7.72. The molecule has 1 aromatic carbocycles. The number of ether oxygens (including phenoxy) is 2. The molecule has 0 fully saturated rings. The van der Waals surface area contributed by atoms with Crippen LogP contribution < -0.4 is 0 Å². The predicted octanol–water partition coefficient (Wildman–Crippen LogP) is 3.22. The number of benzene rings is 1. The second-order valence-electron chi connectivity index (χ2n) is 4.86. The van der Waals surface area contributed by atoms with Crippen molar-refractivity contribution >= 4 is 0 Å². The lowest BCUT2D eigenvalue weighted by molar-refractivity contribution is -0.141. The number of aryl methyl sites for hydroxylation is 1. The van der Waals surface area contributed by atoms with Crippen molar-refractivity contribution in [1.29, 1.82) is 0 Å². The normalized spacial score (nSPS) is 11.5. The second-order valence-corrected chi connectivity index (χ2v) is 4.86. The van der Waals surface area contributed by atoms with E-state index in [9.17, 15) is 0 Å². The Morgan fingerprint density at radius 3 is 2.42 bits per heavy atom. The van der Waals surface area contributed by atoms with Crippen molar-refractivity contribution in [3.05, 3.63) is 35.4 Å². The maximum atomic E-state index is 5.55. The molecule has 0 spiro atoms. The van der Waals surface area contributed by atoms with Gasteiger partial charge in [0.1, 0.15) is 0 Å². The molecule has 0 bridgehead atoms. The van der Waals surface area contributed by atoms with Gasteiger partial charge in [-0.15, -0.1) is 0 Å². The van der Waals surface area contributed by atoms with Crippen molar-refractivity contribution in [1.82, 2.24) is 4.90 Å². The van der Waals surface area contributed by atoms with Gasteiger partial charge in [-0.25, -0.2) is 0 Å². The summed E-state index contributed by atoms with van der Waals surface area (Å²) in [4.78, 5) is 2.31. The molecule has 0 radical (unpaired) electrons. The zero-order chi connectivity index (χ0) is 14.1. The van der Waals surface area contributed by atoms with Gasteiger partial charge in [-0.2, -0.15) is 0 Å². The minimum atomic E-state index is -0.0741. The third-order valence-electron chi connectivity index (χ3n) is 2.99. The van der Waals surface area contributed by atoms with E-state index in [1.807, 2.05) is 13.8 Å². The highest BCUT2D eigenvalue weighted by molar-refractivity contribution is 5.21. The molecule has 0 saturated carbocycles. The van der Waals surface area contributed by atoms with E-state index in [-0.39, 0.29) is 6.29 Å². The summed E-state index contributed by atoms with van der Waals surface area (Å²) in [6, 6.07) is 8.65. The predicted molar refractivity (Wildman–Crippen MR) is 79.2 cm³/mol. The zero-order valence-electron chi connectivity index (χ0n) is 12.7. The van der Waals surface area contributed by atoms with Gasteiger partial charge in [-0.1, -0.05) is 29.8 Å². The Morgan fingerprint density at radius 1 is 1.16 bits per heavy atom. The molecule has 19 heavy (non-hydrogen) atoms. The lowest BCUT2D eigenvalue weighted by Crippen LogP contribution is -2.26. The first-order chi connectivity index (χ1) is 9.15. The summed E-state index contributed by atoms with van der Waals surface area (Å²) in [6.45, 7) is 9.47. The molecule has 3 nitrogen and oxygen atoms in total. The van der Waals surface area contributed by atoms with Crippen LogP contribution in [0.4, 0.5) is 0 Å². The first-order valence-corrected chi connectivity index (χ1v) is 7.13. The topological polar surface area (TPSA) is 21.7 Å². The van der Waals surface area contributed by atoms with Gasteiger partial charge in [0, 0.05) is 32.7 Å². The van der Waals surface area contributed by atoms with Crippen molar-refractivity contribution in [2.75, 3.05) is 26.8 Å². The standard InChI is InChI=1S/C16H27NO2/c1-5-18-16(19-6-2)10-11-17(4)13-15-9-7-8-14(3)12-15/h7-9,12,16H,5-6,10-11,13H2,1-4H3. The Morgan fingerprint density at radius 2 is 1.84 bits per heavy atom. The molecule has 0 saturated heterocycles. The van der Waals surface area contributed by atoms with Crippen LogP contribution in [0.25, 0.3) is 0 Å². The third-order valence-corrected chi connectivity index (χ3v) is 2.99. The molecule has 1 rings (SSSR count). The van der Waals surface area contributed by atoms with Crippen LogP contribution in [0.15, 0.2) is 24.3 Å². The number of nitrogens with zero attached hydrogens (tertiary/aromatic N) is 1. The summed E-state index contributed by atoms with van der Waals surface area (Å²) >= 11 is 0. The van der Waals surface area contributed by atoms with Gasteiger partial charge in [0.2, 0.25) is 0 Å². The van der Waals surface area contributed by atoms with Gasteiger partial charge in [-0.05, 0) is 33.4 Å². The average Bonchev–Trinajstić information content (AvgIpc) is 2.36. The van der Waals surface area contributed by atoms with Crippen LogP contribution in [0.1, 0.15) is 31.4 Å². The lowest BCUT2D eigenvalue weighted by Gasteiger charge is -2.21. The average molecular weight is 265 g/mol. The fourth-order valence-corrected chi connectivity index (χ4v) is 2.11. The molecule has 0 heterocycles. The summed E-state index contributed by atoms with van der Waals surface area (Å²) < 4.78 is 11.1. The monoisotopic (exact) mass is 265 g/mol. The van der Waals surface area contributed by atoms with E-state index in [0.29, 0.717) is 13.2 Å². The minimum absolute atomic E-state index is 0.0741. The van der Waals surface area contributed by atoms with Crippen molar-refractivity contribution in [2.45, 2.75) is 40.0 Å². The molecule has 0 aliphatic carbocycles. The zero-order valence-corrected chi connectivity index (χ0v) is 12.7. The maximum absolute atomic E-state index is 5.55. The highest BCUT2D eigenvalue weighted by Gasteiger charge is 2.09. The Balaban J connectivity index is 2.35. The number of hydrogen-bond acceptors (Lipinski definition) is 3. The molecule has 1 aromatic rings. The molecule has 0 unspecified atom stereocenters. The van der Waals surface area contributed by atoms with Crippen LogP contribution in [-0.2, 0) is 16.0 Å². The second kappa shape index (κ2) is 9.08. The molecule has 0 aliphatic heterocycles. The van der Waals surface area contributed by atoms with Crippen LogP contribution >= 0.6 is 0 Å². The summed E-state index contributed by atoms with van der Waals surface area (Å²) in [5.74, 6) is 0. The van der Waals surface area contributed by atoms with E-state index in [1.165, 1.54) is 11.1 Å². The first-order valence-electron chi connectivity index (χ1n) is 7.13. The van der Waals surface area contributed by atoms with Crippen LogP contribution in [0.5, 0.6) is 0 Å². The Labute approximate surface area is 117 Å². The van der Waals surface area contributed by atoms with E-state index in [2.05, 4.69) is 43.1 Å². The summed E-state index contributed by atoms with van der Waals surface area (Å²) in [5.41, 5.74) is 2.67. The molecule has 0 N–H and O–H groups in total. The third kappa shape index (κ3) is 6.71. The SMILES string of the molecule is CCOC(CCN(C)Cc1cccc(C)c1)OCC. The Bertz CT molecular complexity index is 348. The highest BCUT2D eigenvalue weighted by Crippen LogP contribution is 2.08. The van der Waals surface area contributed by atoms with Crippen LogP contribution in [-0.4, -0.2) is 38.0 Å².